The summed E-state index contributed by atoms with van der Waals surface area (Å²) in [6, 6.07) is 1.32. The first-order valence-corrected chi connectivity index (χ1v) is 4.36. The Labute approximate surface area is 88.8 Å². The Morgan fingerprint density at radius 2 is 2.31 bits per heavy atom. The number of hydrogen-bond donors (Lipinski definition) is 1. The third-order valence-electron chi connectivity index (χ3n) is 1.91. The normalized spacial score (nSPS) is 10.5. The summed E-state index contributed by atoms with van der Waals surface area (Å²) in [5, 5.41) is 24.6. The second-order valence-electron chi connectivity index (χ2n) is 2.95. The van der Waals surface area contributed by atoms with Gasteiger partial charge in [-0.2, -0.15) is 4.68 Å². The first-order chi connectivity index (χ1) is 7.66. The highest BCUT2D eigenvalue weighted by atomic mass is 16.6. The van der Waals surface area contributed by atoms with Crippen molar-refractivity contribution in [3.8, 4) is 0 Å². The van der Waals surface area contributed by atoms with Crippen molar-refractivity contribution in [1.29, 1.82) is 0 Å². The summed E-state index contributed by atoms with van der Waals surface area (Å²) >= 11 is 0. The predicted molar refractivity (Wildman–Crippen MR) is 51.1 cm³/mol. The van der Waals surface area contributed by atoms with Crippen LogP contribution in [0.2, 0.25) is 0 Å². The standard InChI is InChI=1S/C6H8N8O2/c7-6-8-10-11-13(6)4-3-12-2-1-5(9-12)14(15)16/h1-2H,3-4H2,(H2,7,8,11). The molecule has 0 atom stereocenters. The van der Waals surface area contributed by atoms with Gasteiger partial charge in [0.25, 0.3) is 0 Å². The number of nitrogens with two attached hydrogens (primary N) is 1. The Balaban J connectivity index is 2.00. The molecule has 0 unspecified atom stereocenters. The van der Waals surface area contributed by atoms with Gasteiger partial charge in [-0.3, -0.25) is 0 Å². The lowest BCUT2D eigenvalue weighted by Crippen LogP contribution is -2.11. The van der Waals surface area contributed by atoms with E-state index in [9.17, 15) is 10.1 Å². The Kier molecular flexibility index (Phi) is 2.45. The first-order valence-electron chi connectivity index (χ1n) is 4.36. The van der Waals surface area contributed by atoms with Gasteiger partial charge in [-0.25, -0.2) is 4.68 Å². The third-order valence-corrected chi connectivity index (χ3v) is 1.91. The van der Waals surface area contributed by atoms with E-state index in [1.807, 2.05) is 0 Å². The Hall–Kier alpha value is -2.52. The molecule has 10 nitrogen and oxygen atoms in total. The monoisotopic (exact) mass is 224 g/mol. The summed E-state index contributed by atoms with van der Waals surface area (Å²) in [5.41, 5.74) is 5.45. The van der Waals surface area contributed by atoms with Crippen molar-refractivity contribution in [2.24, 2.45) is 0 Å². The zero-order valence-corrected chi connectivity index (χ0v) is 8.09. The summed E-state index contributed by atoms with van der Waals surface area (Å²) in [4.78, 5) is 9.82. The average Bonchev–Trinajstić information content (AvgIpc) is 2.83. The van der Waals surface area contributed by atoms with Crippen LogP contribution in [0, 0.1) is 10.1 Å². The van der Waals surface area contributed by atoms with E-state index in [1.54, 1.807) is 0 Å². The molecule has 0 aliphatic carbocycles. The molecule has 16 heavy (non-hydrogen) atoms. The second-order valence-corrected chi connectivity index (χ2v) is 2.95. The number of aryl methyl sites for hydroxylation is 2. The molecule has 0 aliphatic rings. The summed E-state index contributed by atoms with van der Waals surface area (Å²) in [6.07, 6.45) is 1.51. The van der Waals surface area contributed by atoms with Crippen LogP contribution in [-0.2, 0) is 13.1 Å². The van der Waals surface area contributed by atoms with Crippen molar-refractivity contribution in [1.82, 2.24) is 30.0 Å². The fourth-order valence-corrected chi connectivity index (χ4v) is 1.14. The van der Waals surface area contributed by atoms with Crippen molar-refractivity contribution in [3.05, 3.63) is 22.4 Å². The number of anilines is 1. The third kappa shape index (κ3) is 1.94. The van der Waals surface area contributed by atoms with Gasteiger partial charge >= 0.3 is 5.82 Å². The molecule has 2 aromatic heterocycles. The van der Waals surface area contributed by atoms with Crippen LogP contribution in [0.25, 0.3) is 0 Å². The van der Waals surface area contributed by atoms with E-state index in [2.05, 4.69) is 20.6 Å². The van der Waals surface area contributed by atoms with Crippen LogP contribution < -0.4 is 5.73 Å². The summed E-state index contributed by atoms with van der Waals surface area (Å²) in [5.74, 6) is 0.00587. The lowest BCUT2D eigenvalue weighted by molar-refractivity contribution is -0.389. The van der Waals surface area contributed by atoms with Crippen LogP contribution in [0.15, 0.2) is 12.3 Å². The second kappa shape index (κ2) is 3.92. The van der Waals surface area contributed by atoms with Gasteiger partial charge in [0.15, 0.2) is 0 Å². The highest BCUT2D eigenvalue weighted by Gasteiger charge is 2.11. The highest BCUT2D eigenvalue weighted by Crippen LogP contribution is 2.05. The van der Waals surface area contributed by atoms with Crippen LogP contribution in [-0.4, -0.2) is 34.9 Å². The van der Waals surface area contributed by atoms with Gasteiger partial charge in [0.05, 0.1) is 30.5 Å². The first kappa shape index (κ1) is 10.0. The van der Waals surface area contributed by atoms with E-state index in [0.29, 0.717) is 13.1 Å². The molecule has 84 valence electrons. The van der Waals surface area contributed by atoms with Crippen LogP contribution in [0.1, 0.15) is 0 Å². The van der Waals surface area contributed by atoms with Crippen LogP contribution >= 0.6 is 0 Å². The molecular weight excluding hydrogens is 216 g/mol. The molecule has 2 aromatic rings. The Bertz CT molecular complexity index is 502. The number of nitrogen functional groups attached to an aromatic ring is 1. The van der Waals surface area contributed by atoms with E-state index in [0.717, 1.165) is 0 Å². The minimum Gasteiger partial charge on any atom is -0.367 e. The zero-order chi connectivity index (χ0) is 11.5. The van der Waals surface area contributed by atoms with E-state index in [4.69, 9.17) is 5.73 Å². The molecule has 0 amide bonds. The van der Waals surface area contributed by atoms with Gasteiger partial charge in [-0.15, -0.1) is 0 Å². The number of hydrogen-bond acceptors (Lipinski definition) is 7. The SMILES string of the molecule is Nc1nnnn1CCn1ccc([N+](=O)[O-])n1. The number of nitrogens with zero attached hydrogens (tertiary/aromatic N) is 7. The van der Waals surface area contributed by atoms with E-state index < -0.39 is 4.92 Å². The molecule has 0 radical (unpaired) electrons. The van der Waals surface area contributed by atoms with E-state index in [1.165, 1.54) is 21.6 Å². The van der Waals surface area contributed by atoms with E-state index >= 15 is 0 Å². The van der Waals surface area contributed by atoms with Crippen molar-refractivity contribution >= 4 is 11.8 Å². The maximum atomic E-state index is 10.4. The van der Waals surface area contributed by atoms with Gasteiger partial charge < -0.3 is 15.8 Å². The van der Waals surface area contributed by atoms with Gasteiger partial charge in [-0.05, 0) is 15.4 Å². The molecule has 0 fully saturated rings. The molecular formula is C6H8N8O2. The fourth-order valence-electron chi connectivity index (χ4n) is 1.14. The number of rotatable bonds is 4. The smallest absolute Gasteiger partial charge is 0.367 e. The molecule has 0 saturated heterocycles. The van der Waals surface area contributed by atoms with Crippen molar-refractivity contribution < 1.29 is 4.92 Å². The van der Waals surface area contributed by atoms with Gasteiger partial charge in [-0.1, -0.05) is 5.10 Å². The van der Waals surface area contributed by atoms with Crippen molar-refractivity contribution in [3.63, 3.8) is 0 Å². The molecule has 10 heteroatoms. The summed E-state index contributed by atoms with van der Waals surface area (Å²) < 4.78 is 2.81. The number of tetrazole rings is 1. The topological polar surface area (TPSA) is 131 Å². The van der Waals surface area contributed by atoms with Gasteiger partial charge in [0.2, 0.25) is 5.95 Å². The maximum absolute atomic E-state index is 10.4. The summed E-state index contributed by atoms with van der Waals surface area (Å²) in [6.45, 7) is 0.806. The Morgan fingerprint density at radius 3 is 2.88 bits per heavy atom. The Morgan fingerprint density at radius 1 is 1.50 bits per heavy atom. The lowest BCUT2D eigenvalue weighted by atomic mass is 10.6. The highest BCUT2D eigenvalue weighted by molar-refractivity contribution is 5.14. The fraction of sp³-hybridized carbons (Fsp3) is 0.333. The minimum absolute atomic E-state index is 0.190. The largest absolute Gasteiger partial charge is 0.389 e. The zero-order valence-electron chi connectivity index (χ0n) is 8.09. The maximum Gasteiger partial charge on any atom is 0.389 e. The molecule has 0 spiro atoms. The van der Waals surface area contributed by atoms with Gasteiger partial charge in [0.1, 0.15) is 0 Å². The molecule has 0 saturated carbocycles. The molecule has 0 aliphatic heterocycles. The lowest BCUT2D eigenvalue weighted by Gasteiger charge is -1.98. The van der Waals surface area contributed by atoms with Crippen molar-refractivity contribution in [2.45, 2.75) is 13.1 Å². The molecule has 2 rings (SSSR count). The van der Waals surface area contributed by atoms with Crippen LogP contribution in [0.3, 0.4) is 0 Å². The predicted octanol–water partition coefficient (Wildman–Crippen LogP) is -0.940. The minimum atomic E-state index is -0.554. The molecule has 0 aromatic carbocycles. The van der Waals surface area contributed by atoms with Gasteiger partial charge in [0, 0.05) is 0 Å². The number of aromatic nitrogens is 6. The summed E-state index contributed by atoms with van der Waals surface area (Å²) in [7, 11) is 0. The molecule has 2 heterocycles. The average molecular weight is 224 g/mol. The van der Waals surface area contributed by atoms with Crippen molar-refractivity contribution in [2.75, 3.05) is 5.73 Å². The van der Waals surface area contributed by atoms with Crippen LogP contribution in [0.5, 0.6) is 0 Å². The van der Waals surface area contributed by atoms with E-state index in [-0.39, 0.29) is 11.8 Å². The van der Waals surface area contributed by atoms with Crippen LogP contribution in [0.4, 0.5) is 11.8 Å². The molecule has 0 bridgehead atoms. The molecule has 2 N–H and O–H groups in total. The quantitative estimate of drug-likeness (QED) is 0.523. The number of nitro groups is 1.